The number of nitrogens with zero attached hydrogens (tertiary/aromatic N) is 2. The van der Waals surface area contributed by atoms with Crippen LogP contribution in [0.25, 0.3) is 10.8 Å². The van der Waals surface area contributed by atoms with Crippen molar-refractivity contribution >= 4 is 44.6 Å². The summed E-state index contributed by atoms with van der Waals surface area (Å²) in [6, 6.07) is 2.19. The van der Waals surface area contributed by atoms with Crippen molar-refractivity contribution in [1.29, 1.82) is 0 Å². The maximum absolute atomic E-state index is 15.1. The second-order valence-corrected chi connectivity index (χ2v) is 19.3. The molecule has 0 spiro atoms. The lowest BCUT2D eigenvalue weighted by molar-refractivity contribution is -0.142. The Morgan fingerprint density at radius 3 is 2.55 bits per heavy atom. The third-order valence-corrected chi connectivity index (χ3v) is 13.4. The molecule has 3 heterocycles. The summed E-state index contributed by atoms with van der Waals surface area (Å²) in [7, 11) is -4.03. The monoisotopic (exact) mass is 799 g/mol. The molecule has 3 N–H and O–H groups in total. The summed E-state index contributed by atoms with van der Waals surface area (Å²) in [5.74, 6) is -3.27. The molecule has 0 bridgehead atoms. The molecule has 0 radical (unpaired) electrons. The topological polar surface area (TPSA) is 182 Å². The zero-order chi connectivity index (χ0) is 40.8. The predicted octanol–water partition coefficient (Wildman–Crippen LogP) is 4.90. The first-order valence-electron chi connectivity index (χ1n) is 19.5. The SMILES string of the molecule is CCOc1cc2ccnc(O[C@@H]3C[C@H]4C(=O)N[C@]5(C(=O)NS(=O)(=O)C6(C)CC6)C[C@H]5/C=C\CC[C@H](C)C[C@@H](C)[C@H](NC(=O)OC(C)(C)C)C(=O)N4C3)c2cc1F. The fourth-order valence-corrected chi connectivity index (χ4v) is 9.01. The molecule has 56 heavy (non-hydrogen) atoms. The number of carbonyl (C=O) groups is 4. The number of fused-ring (bicyclic) bond motifs is 3. The van der Waals surface area contributed by atoms with Crippen LogP contribution in [0, 0.1) is 23.6 Å². The van der Waals surface area contributed by atoms with Crippen molar-refractivity contribution in [1.82, 2.24) is 25.2 Å². The maximum atomic E-state index is 15.1. The van der Waals surface area contributed by atoms with Gasteiger partial charge in [-0.1, -0.05) is 26.0 Å². The van der Waals surface area contributed by atoms with Gasteiger partial charge in [-0.15, -0.1) is 0 Å². The minimum atomic E-state index is -4.03. The van der Waals surface area contributed by atoms with Crippen LogP contribution in [0.1, 0.15) is 93.4 Å². The second kappa shape index (κ2) is 15.5. The van der Waals surface area contributed by atoms with Crippen LogP contribution in [0.5, 0.6) is 11.6 Å². The van der Waals surface area contributed by atoms with E-state index < -0.39 is 79.6 Å². The fourth-order valence-electron chi connectivity index (χ4n) is 7.70. The van der Waals surface area contributed by atoms with Crippen LogP contribution in [-0.2, 0) is 29.1 Å². The molecule has 1 aromatic carbocycles. The van der Waals surface area contributed by atoms with Crippen LogP contribution in [0.15, 0.2) is 36.5 Å². The first kappa shape index (κ1) is 41.2. The van der Waals surface area contributed by atoms with E-state index in [1.807, 2.05) is 19.1 Å². The molecule has 7 atom stereocenters. The number of rotatable bonds is 8. The molecule has 1 aromatic heterocycles. The number of alkyl carbamates (subject to hydrolysis) is 1. The highest BCUT2D eigenvalue weighted by molar-refractivity contribution is 7.91. The van der Waals surface area contributed by atoms with E-state index in [1.54, 1.807) is 46.8 Å². The van der Waals surface area contributed by atoms with Gasteiger partial charge in [0.25, 0.3) is 5.91 Å². The molecule has 306 valence electrons. The molecule has 2 aromatic rings. The molecule has 6 rings (SSSR count). The van der Waals surface area contributed by atoms with Crippen LogP contribution in [0.3, 0.4) is 0 Å². The molecule has 4 aliphatic rings. The smallest absolute Gasteiger partial charge is 0.408 e. The zero-order valence-corrected chi connectivity index (χ0v) is 34.0. The first-order chi connectivity index (χ1) is 26.3. The highest BCUT2D eigenvalue weighted by Crippen LogP contribution is 2.47. The molecule has 2 aliphatic carbocycles. The number of hydrogen-bond acceptors (Lipinski definition) is 10. The average molecular weight is 800 g/mol. The number of ether oxygens (including phenoxy) is 3. The third kappa shape index (κ3) is 8.74. The Balaban J connectivity index is 1.35. The van der Waals surface area contributed by atoms with Gasteiger partial charge in [0, 0.05) is 23.9 Å². The molecule has 2 saturated carbocycles. The molecular formula is C40H54FN5O9S. The number of nitrogens with one attached hydrogen (secondary N) is 3. The number of amides is 4. The standard InChI is InChI=1S/C40H54FN5O9S/c1-8-53-31-18-25-13-16-42-34(28(25)20-29(31)41)54-27-19-30-33(47)44-40(36(49)45-56(51,52)39(7)14-15-39)21-26(40)12-10-9-11-23(2)17-24(3)32(35(48)46(30)22-27)43-37(50)55-38(4,5)6/h10,12-13,16,18,20,23-24,26-27,30,32H,8-9,11,14-15,17,19,21-22H2,1-7H3,(H,43,50)(H,44,47)(H,45,49)/b12-10-/t23-,24+,26+,27+,30-,32-,40+/m0/s1. The number of allylic oxidation sites excluding steroid dienone is 1. The normalized spacial score (nSPS) is 29.8. The predicted molar refractivity (Wildman–Crippen MR) is 206 cm³/mol. The summed E-state index contributed by atoms with van der Waals surface area (Å²) in [5, 5.41) is 6.60. The van der Waals surface area contributed by atoms with E-state index in [4.69, 9.17) is 14.2 Å². The molecule has 1 saturated heterocycles. The Hall–Kier alpha value is -4.47. The molecular weight excluding hydrogens is 746 g/mol. The van der Waals surface area contributed by atoms with Gasteiger partial charge in [0.1, 0.15) is 29.3 Å². The van der Waals surface area contributed by atoms with Crippen molar-refractivity contribution in [3.63, 3.8) is 0 Å². The summed E-state index contributed by atoms with van der Waals surface area (Å²) < 4.78 is 59.9. The lowest BCUT2D eigenvalue weighted by Gasteiger charge is -2.33. The second-order valence-electron chi connectivity index (χ2n) is 17.1. The molecule has 0 unspecified atom stereocenters. The Labute approximate surface area is 327 Å². The van der Waals surface area contributed by atoms with Gasteiger partial charge in [0.2, 0.25) is 27.7 Å². The van der Waals surface area contributed by atoms with Crippen LogP contribution in [0.2, 0.25) is 0 Å². The zero-order valence-electron chi connectivity index (χ0n) is 33.1. The van der Waals surface area contributed by atoms with Crippen LogP contribution in [0.4, 0.5) is 9.18 Å². The number of carbonyl (C=O) groups excluding carboxylic acids is 4. The highest BCUT2D eigenvalue weighted by atomic mass is 32.2. The van der Waals surface area contributed by atoms with Gasteiger partial charge in [0.05, 0.1) is 17.9 Å². The van der Waals surface area contributed by atoms with Gasteiger partial charge >= 0.3 is 6.09 Å². The minimum Gasteiger partial charge on any atom is -0.491 e. The van der Waals surface area contributed by atoms with E-state index in [1.165, 1.54) is 17.2 Å². The number of benzene rings is 1. The van der Waals surface area contributed by atoms with Crippen LogP contribution in [-0.4, -0.2) is 89.3 Å². The van der Waals surface area contributed by atoms with Gasteiger partial charge in [0.15, 0.2) is 11.6 Å². The lowest BCUT2D eigenvalue weighted by Crippen LogP contribution is -2.59. The van der Waals surface area contributed by atoms with Crippen LogP contribution < -0.4 is 24.8 Å². The number of aromatic nitrogens is 1. The quantitative estimate of drug-likeness (QED) is 0.311. The Morgan fingerprint density at radius 1 is 1.14 bits per heavy atom. The molecule has 16 heteroatoms. The average Bonchev–Trinajstić information content (AvgIpc) is 3.98. The maximum Gasteiger partial charge on any atom is 0.408 e. The van der Waals surface area contributed by atoms with E-state index in [0.717, 1.165) is 6.42 Å². The summed E-state index contributed by atoms with van der Waals surface area (Å²) in [6.07, 6.45) is 6.57. The minimum absolute atomic E-state index is 0.0479. The molecule has 2 aliphatic heterocycles. The summed E-state index contributed by atoms with van der Waals surface area (Å²) in [4.78, 5) is 62.1. The summed E-state index contributed by atoms with van der Waals surface area (Å²) >= 11 is 0. The number of sulfonamides is 1. The van der Waals surface area contributed by atoms with E-state index in [9.17, 15) is 27.6 Å². The fraction of sp³-hybridized carbons (Fsp3) is 0.625. The van der Waals surface area contributed by atoms with Crippen molar-refractivity contribution < 1.29 is 46.2 Å². The van der Waals surface area contributed by atoms with E-state index in [0.29, 0.717) is 36.5 Å². The summed E-state index contributed by atoms with van der Waals surface area (Å²) in [6.45, 7) is 12.5. The number of hydrogen-bond donors (Lipinski definition) is 3. The van der Waals surface area contributed by atoms with Crippen molar-refractivity contribution in [2.24, 2.45) is 17.8 Å². The van der Waals surface area contributed by atoms with Gasteiger partial charge in [-0.25, -0.2) is 22.6 Å². The number of halogens is 1. The Bertz CT molecular complexity index is 2020. The van der Waals surface area contributed by atoms with E-state index in [-0.39, 0.29) is 49.5 Å². The van der Waals surface area contributed by atoms with Gasteiger partial charge < -0.3 is 29.7 Å². The largest absolute Gasteiger partial charge is 0.491 e. The van der Waals surface area contributed by atoms with E-state index in [2.05, 4.69) is 27.3 Å². The summed E-state index contributed by atoms with van der Waals surface area (Å²) in [5.41, 5.74) is -2.42. The molecule has 14 nitrogen and oxygen atoms in total. The lowest BCUT2D eigenvalue weighted by atomic mass is 9.88. The van der Waals surface area contributed by atoms with Crippen molar-refractivity contribution in [2.75, 3.05) is 13.2 Å². The Morgan fingerprint density at radius 2 is 1.88 bits per heavy atom. The van der Waals surface area contributed by atoms with Crippen molar-refractivity contribution in [2.45, 2.75) is 127 Å². The van der Waals surface area contributed by atoms with Gasteiger partial charge in [-0.05, 0) is 109 Å². The van der Waals surface area contributed by atoms with Gasteiger partial charge in [-0.2, -0.15) is 0 Å². The van der Waals surface area contributed by atoms with E-state index >= 15 is 4.39 Å². The molecule has 4 amide bonds. The first-order valence-corrected chi connectivity index (χ1v) is 21.0. The Kier molecular flexibility index (Phi) is 11.4. The third-order valence-electron chi connectivity index (χ3n) is 11.3. The number of pyridine rings is 1. The van der Waals surface area contributed by atoms with Crippen molar-refractivity contribution in [3.05, 3.63) is 42.4 Å². The van der Waals surface area contributed by atoms with Crippen LogP contribution >= 0.6 is 0 Å². The van der Waals surface area contributed by atoms with Gasteiger partial charge in [-0.3, -0.25) is 19.1 Å². The van der Waals surface area contributed by atoms with Crippen molar-refractivity contribution in [3.8, 4) is 11.6 Å². The molecule has 3 fully saturated rings. The highest BCUT2D eigenvalue weighted by Gasteiger charge is 2.63.